The van der Waals surface area contributed by atoms with Crippen molar-refractivity contribution < 1.29 is 19.8 Å². The van der Waals surface area contributed by atoms with Gasteiger partial charge >= 0.3 is 11.9 Å². The number of carboxylic acids is 2. The molecular weight excluding hydrogens is 230 g/mol. The van der Waals surface area contributed by atoms with E-state index in [0.717, 1.165) is 0 Å². The van der Waals surface area contributed by atoms with Crippen LogP contribution < -0.4 is 5.32 Å². The minimum atomic E-state index is -1.52. The Morgan fingerprint density at radius 2 is 2.12 bits per heavy atom. The molecule has 0 saturated carbocycles. The second-order valence-corrected chi connectivity index (χ2v) is 4.62. The molecule has 16 heavy (non-hydrogen) atoms. The van der Waals surface area contributed by atoms with E-state index in [1.807, 2.05) is 0 Å². The van der Waals surface area contributed by atoms with Gasteiger partial charge in [0.25, 0.3) is 0 Å². The van der Waals surface area contributed by atoms with E-state index in [4.69, 9.17) is 10.2 Å². The molecule has 1 aromatic rings. The van der Waals surface area contributed by atoms with Crippen LogP contribution in [0.3, 0.4) is 0 Å². The maximum absolute atomic E-state index is 11.2. The maximum atomic E-state index is 11.2. The number of anilines is 1. The van der Waals surface area contributed by atoms with Crippen LogP contribution in [0.25, 0.3) is 0 Å². The van der Waals surface area contributed by atoms with Crippen molar-refractivity contribution in [3.63, 3.8) is 0 Å². The van der Waals surface area contributed by atoms with E-state index in [2.05, 4.69) is 5.32 Å². The Kier molecular flexibility index (Phi) is 3.54. The van der Waals surface area contributed by atoms with Crippen LogP contribution in [0.1, 0.15) is 13.8 Å². The predicted molar refractivity (Wildman–Crippen MR) is 60.8 cm³/mol. The summed E-state index contributed by atoms with van der Waals surface area (Å²) in [6.07, 6.45) is 0. The van der Waals surface area contributed by atoms with Gasteiger partial charge in [-0.3, -0.25) is 4.79 Å². The summed E-state index contributed by atoms with van der Waals surface area (Å²) in [6, 6.07) is 3.47. The molecule has 0 spiro atoms. The highest BCUT2D eigenvalue weighted by atomic mass is 32.1. The van der Waals surface area contributed by atoms with E-state index in [9.17, 15) is 9.59 Å². The number of carbonyl (C=O) groups is 2. The van der Waals surface area contributed by atoms with Gasteiger partial charge in [0.05, 0.1) is 10.9 Å². The fourth-order valence-corrected chi connectivity index (χ4v) is 1.93. The van der Waals surface area contributed by atoms with E-state index in [0.29, 0.717) is 5.00 Å². The summed E-state index contributed by atoms with van der Waals surface area (Å²) in [6.45, 7) is 2.74. The Labute approximate surface area is 96.7 Å². The van der Waals surface area contributed by atoms with Crippen molar-refractivity contribution in [1.82, 2.24) is 0 Å². The highest BCUT2D eigenvalue weighted by Crippen LogP contribution is 2.26. The van der Waals surface area contributed by atoms with Crippen LogP contribution in [0.2, 0.25) is 0 Å². The Bertz CT molecular complexity index is 390. The first kappa shape index (κ1) is 12.5. The molecule has 5 nitrogen and oxygen atoms in total. The van der Waals surface area contributed by atoms with E-state index in [1.54, 1.807) is 17.5 Å². The molecule has 0 radical (unpaired) electrons. The first-order valence-corrected chi connectivity index (χ1v) is 5.53. The van der Waals surface area contributed by atoms with E-state index in [-0.39, 0.29) is 0 Å². The van der Waals surface area contributed by atoms with Crippen LogP contribution in [0.4, 0.5) is 5.00 Å². The van der Waals surface area contributed by atoms with Crippen LogP contribution in [-0.4, -0.2) is 27.7 Å². The van der Waals surface area contributed by atoms with E-state index < -0.39 is 23.4 Å². The highest BCUT2D eigenvalue weighted by Gasteiger charge is 2.43. The molecule has 0 aliphatic heterocycles. The van der Waals surface area contributed by atoms with Crippen molar-refractivity contribution in [2.45, 2.75) is 19.4 Å². The molecule has 3 N–H and O–H groups in total. The third-order valence-electron chi connectivity index (χ3n) is 2.58. The molecule has 0 fully saturated rings. The number of hydrogen-bond acceptors (Lipinski definition) is 4. The van der Waals surface area contributed by atoms with Crippen LogP contribution in [0.5, 0.6) is 0 Å². The lowest BCUT2D eigenvalue weighted by atomic mass is 9.87. The summed E-state index contributed by atoms with van der Waals surface area (Å²) in [4.78, 5) is 22.1. The molecule has 6 heteroatoms. The van der Waals surface area contributed by atoms with Crippen molar-refractivity contribution >= 4 is 28.3 Å². The third kappa shape index (κ3) is 2.33. The lowest BCUT2D eigenvalue weighted by molar-refractivity contribution is -0.152. The molecule has 0 aromatic carbocycles. The number of hydrogen-bond donors (Lipinski definition) is 3. The molecule has 1 heterocycles. The van der Waals surface area contributed by atoms with Crippen LogP contribution in [0.15, 0.2) is 17.5 Å². The van der Waals surface area contributed by atoms with Crippen molar-refractivity contribution in [3.8, 4) is 0 Å². The van der Waals surface area contributed by atoms with Gasteiger partial charge in [0, 0.05) is 0 Å². The standard InChI is InChI=1S/C10H13NO4S/c1-6(8(12)13)10(2,9(14)15)11-7-4-3-5-16-7/h3-6,11H,1-2H3,(H,12,13)(H,14,15). The summed E-state index contributed by atoms with van der Waals surface area (Å²) in [5, 5.41) is 23.2. The largest absolute Gasteiger partial charge is 0.481 e. The van der Waals surface area contributed by atoms with Gasteiger partial charge in [0.1, 0.15) is 5.54 Å². The first-order valence-electron chi connectivity index (χ1n) is 4.66. The normalized spacial score (nSPS) is 16.1. The zero-order chi connectivity index (χ0) is 12.3. The molecule has 2 atom stereocenters. The molecule has 88 valence electrons. The molecular formula is C10H13NO4S. The molecule has 0 saturated heterocycles. The van der Waals surface area contributed by atoms with Gasteiger partial charge < -0.3 is 15.5 Å². The zero-order valence-electron chi connectivity index (χ0n) is 8.93. The molecule has 2 unspecified atom stereocenters. The summed E-state index contributed by atoms with van der Waals surface area (Å²) in [7, 11) is 0. The molecule has 0 bridgehead atoms. The number of rotatable bonds is 5. The van der Waals surface area contributed by atoms with Crippen LogP contribution >= 0.6 is 11.3 Å². The smallest absolute Gasteiger partial charge is 0.329 e. The van der Waals surface area contributed by atoms with Gasteiger partial charge in [-0.1, -0.05) is 0 Å². The fraction of sp³-hybridized carbons (Fsp3) is 0.400. The Hall–Kier alpha value is -1.56. The van der Waals surface area contributed by atoms with Crippen molar-refractivity contribution in [3.05, 3.63) is 17.5 Å². The molecule has 1 aromatic heterocycles. The Morgan fingerprint density at radius 1 is 1.50 bits per heavy atom. The lowest BCUT2D eigenvalue weighted by Crippen LogP contribution is -2.51. The van der Waals surface area contributed by atoms with E-state index >= 15 is 0 Å². The second kappa shape index (κ2) is 4.52. The average Bonchev–Trinajstić information content (AvgIpc) is 2.68. The lowest BCUT2D eigenvalue weighted by Gasteiger charge is -2.30. The minimum absolute atomic E-state index is 0.637. The summed E-state index contributed by atoms with van der Waals surface area (Å²) >= 11 is 1.33. The Morgan fingerprint density at radius 3 is 2.50 bits per heavy atom. The van der Waals surface area contributed by atoms with Crippen molar-refractivity contribution in [1.29, 1.82) is 0 Å². The van der Waals surface area contributed by atoms with Crippen LogP contribution in [0, 0.1) is 5.92 Å². The predicted octanol–water partition coefficient (Wildman–Crippen LogP) is 1.72. The van der Waals surface area contributed by atoms with Gasteiger partial charge in [-0.15, -0.1) is 11.3 Å². The average molecular weight is 243 g/mol. The number of nitrogens with one attached hydrogen (secondary N) is 1. The molecule has 0 amide bonds. The second-order valence-electron chi connectivity index (χ2n) is 3.67. The maximum Gasteiger partial charge on any atom is 0.329 e. The highest BCUT2D eigenvalue weighted by molar-refractivity contribution is 7.14. The quantitative estimate of drug-likeness (QED) is 0.733. The first-order chi connectivity index (χ1) is 7.38. The van der Waals surface area contributed by atoms with E-state index in [1.165, 1.54) is 25.2 Å². The number of aliphatic carboxylic acids is 2. The fourth-order valence-electron chi connectivity index (χ4n) is 1.20. The number of thiophene rings is 1. The Balaban J connectivity index is 2.97. The zero-order valence-corrected chi connectivity index (χ0v) is 9.75. The summed E-state index contributed by atoms with van der Waals surface area (Å²) in [5.41, 5.74) is -1.52. The summed E-state index contributed by atoms with van der Waals surface area (Å²) < 4.78 is 0. The molecule has 0 aliphatic rings. The topological polar surface area (TPSA) is 86.6 Å². The van der Waals surface area contributed by atoms with Gasteiger partial charge in [-0.05, 0) is 31.4 Å². The minimum Gasteiger partial charge on any atom is -0.481 e. The number of carboxylic acid groups (broad SMARTS) is 2. The van der Waals surface area contributed by atoms with Gasteiger partial charge in [0.2, 0.25) is 0 Å². The van der Waals surface area contributed by atoms with Gasteiger partial charge in [-0.2, -0.15) is 0 Å². The van der Waals surface area contributed by atoms with Crippen molar-refractivity contribution in [2.24, 2.45) is 5.92 Å². The third-order valence-corrected chi connectivity index (χ3v) is 3.37. The molecule has 0 aliphatic carbocycles. The van der Waals surface area contributed by atoms with Gasteiger partial charge in [0.15, 0.2) is 0 Å². The van der Waals surface area contributed by atoms with Crippen LogP contribution in [-0.2, 0) is 9.59 Å². The summed E-state index contributed by atoms with van der Waals surface area (Å²) in [5.74, 6) is -3.36. The van der Waals surface area contributed by atoms with Crippen molar-refractivity contribution in [2.75, 3.05) is 5.32 Å². The SMILES string of the molecule is CC(C(=O)O)C(C)(Nc1cccs1)C(=O)O. The monoisotopic (exact) mass is 243 g/mol. The molecule has 1 rings (SSSR count). The van der Waals surface area contributed by atoms with Gasteiger partial charge in [-0.25, -0.2) is 4.79 Å².